The molecule has 1 aliphatic rings. The largest absolute Gasteiger partial charge is 0.465 e. The normalized spacial score (nSPS) is 15.0. The number of hydrogen-bond donors (Lipinski definition) is 1. The number of amides is 1. The van der Waals surface area contributed by atoms with E-state index in [9.17, 15) is 14.0 Å². The van der Waals surface area contributed by atoms with Gasteiger partial charge in [0.15, 0.2) is 0 Å². The second kappa shape index (κ2) is 7.94. The smallest absolute Gasteiger partial charge is 0.339 e. The predicted octanol–water partition coefficient (Wildman–Crippen LogP) is 3.65. The molecule has 0 atom stereocenters. The summed E-state index contributed by atoms with van der Waals surface area (Å²) in [6.07, 6.45) is 2.59. The molecule has 1 fully saturated rings. The number of likely N-dealkylation sites (tertiary alicyclic amines) is 1. The number of piperidine rings is 1. The molecule has 5 nitrogen and oxygen atoms in total. The monoisotopic (exact) mass is 372 g/mol. The molecule has 2 aromatic rings. The summed E-state index contributed by atoms with van der Waals surface area (Å²) in [5, 5.41) is 0. The minimum absolute atomic E-state index is 0.0880. The number of halogens is 1. The number of hydrogen-bond acceptors (Lipinski definition) is 3. The zero-order chi connectivity index (χ0) is 19.6. The fraction of sp³-hybridized carbons (Fsp3) is 0.429. The van der Waals surface area contributed by atoms with Crippen LogP contribution in [-0.4, -0.2) is 42.0 Å². The summed E-state index contributed by atoms with van der Waals surface area (Å²) >= 11 is 0. The van der Waals surface area contributed by atoms with Crippen molar-refractivity contribution in [1.82, 2.24) is 9.88 Å². The van der Waals surface area contributed by atoms with E-state index >= 15 is 0 Å². The average molecular weight is 372 g/mol. The van der Waals surface area contributed by atoms with E-state index in [0.29, 0.717) is 41.5 Å². The molecule has 2 heterocycles. The van der Waals surface area contributed by atoms with Crippen LogP contribution >= 0.6 is 0 Å². The van der Waals surface area contributed by atoms with Crippen molar-refractivity contribution in [3.05, 3.63) is 58.2 Å². The Bertz CT molecular complexity index is 851. The van der Waals surface area contributed by atoms with Crippen LogP contribution in [0, 0.1) is 25.6 Å². The number of carbonyl (C=O) groups is 2. The molecule has 27 heavy (non-hydrogen) atoms. The number of benzene rings is 1. The Morgan fingerprint density at radius 1 is 1.26 bits per heavy atom. The molecule has 1 N–H and O–H groups in total. The van der Waals surface area contributed by atoms with Crippen LogP contribution in [0.3, 0.4) is 0 Å². The number of aromatic amines is 1. The van der Waals surface area contributed by atoms with Gasteiger partial charge < -0.3 is 14.6 Å². The van der Waals surface area contributed by atoms with Crippen LogP contribution in [0.5, 0.6) is 0 Å². The fourth-order valence-electron chi connectivity index (χ4n) is 3.87. The zero-order valence-electron chi connectivity index (χ0n) is 16.0. The lowest BCUT2D eigenvalue weighted by atomic mass is 9.90. The molecule has 0 saturated carbocycles. The Morgan fingerprint density at radius 3 is 2.59 bits per heavy atom. The Balaban J connectivity index is 1.64. The first-order chi connectivity index (χ1) is 12.9. The van der Waals surface area contributed by atoms with Crippen molar-refractivity contribution in [2.45, 2.75) is 33.1 Å². The van der Waals surface area contributed by atoms with Gasteiger partial charge in [-0.1, -0.05) is 12.1 Å². The van der Waals surface area contributed by atoms with Gasteiger partial charge in [0.1, 0.15) is 11.5 Å². The predicted molar refractivity (Wildman–Crippen MR) is 100 cm³/mol. The summed E-state index contributed by atoms with van der Waals surface area (Å²) in [6.45, 7) is 4.84. The number of rotatable bonds is 4. The van der Waals surface area contributed by atoms with Gasteiger partial charge in [0.25, 0.3) is 5.91 Å². The third-order valence-corrected chi connectivity index (χ3v) is 5.36. The lowest BCUT2D eigenvalue weighted by Crippen LogP contribution is -2.39. The summed E-state index contributed by atoms with van der Waals surface area (Å²) in [4.78, 5) is 29.7. The standard InChI is InChI=1S/C21H25FN2O3/c1-13-18(21(26)27-3)14(2)23-19(13)20(25)24-9-7-15(8-10-24)11-16-5-4-6-17(22)12-16/h4-6,12,15,23H,7-11H2,1-3H3. The van der Waals surface area contributed by atoms with Gasteiger partial charge >= 0.3 is 5.97 Å². The topological polar surface area (TPSA) is 62.4 Å². The van der Waals surface area contributed by atoms with Crippen molar-refractivity contribution in [3.8, 4) is 0 Å². The van der Waals surface area contributed by atoms with Gasteiger partial charge in [0, 0.05) is 18.8 Å². The van der Waals surface area contributed by atoms with E-state index in [-0.39, 0.29) is 11.7 Å². The molecular formula is C21H25FN2O3. The number of nitrogens with zero attached hydrogens (tertiary/aromatic N) is 1. The van der Waals surface area contributed by atoms with E-state index < -0.39 is 5.97 Å². The minimum Gasteiger partial charge on any atom is -0.465 e. The summed E-state index contributed by atoms with van der Waals surface area (Å²) in [5.74, 6) is -0.295. The summed E-state index contributed by atoms with van der Waals surface area (Å²) in [6, 6.07) is 6.71. The number of nitrogens with one attached hydrogen (secondary N) is 1. The zero-order valence-corrected chi connectivity index (χ0v) is 16.0. The van der Waals surface area contributed by atoms with Crippen molar-refractivity contribution < 1.29 is 18.7 Å². The third-order valence-electron chi connectivity index (χ3n) is 5.36. The lowest BCUT2D eigenvalue weighted by molar-refractivity contribution is 0.0599. The van der Waals surface area contributed by atoms with E-state index in [1.807, 2.05) is 11.0 Å². The summed E-state index contributed by atoms with van der Waals surface area (Å²) in [7, 11) is 1.33. The minimum atomic E-state index is -0.436. The third kappa shape index (κ3) is 4.04. The summed E-state index contributed by atoms with van der Waals surface area (Å²) in [5.41, 5.74) is 3.16. The molecule has 0 spiro atoms. The Labute approximate surface area is 158 Å². The maximum absolute atomic E-state index is 13.3. The highest BCUT2D eigenvalue weighted by Gasteiger charge is 2.28. The van der Waals surface area contributed by atoms with E-state index in [4.69, 9.17) is 4.74 Å². The maximum Gasteiger partial charge on any atom is 0.339 e. The molecule has 144 valence electrons. The van der Waals surface area contributed by atoms with Gasteiger partial charge in [0.05, 0.1) is 12.7 Å². The van der Waals surface area contributed by atoms with Crippen molar-refractivity contribution in [3.63, 3.8) is 0 Å². The Kier molecular flexibility index (Phi) is 5.63. The molecule has 0 radical (unpaired) electrons. The van der Waals surface area contributed by atoms with Gasteiger partial charge in [-0.3, -0.25) is 4.79 Å². The van der Waals surface area contributed by atoms with E-state index in [2.05, 4.69) is 4.98 Å². The summed E-state index contributed by atoms with van der Waals surface area (Å²) < 4.78 is 18.1. The molecule has 0 aliphatic carbocycles. The lowest BCUT2D eigenvalue weighted by Gasteiger charge is -2.32. The van der Waals surface area contributed by atoms with Crippen molar-refractivity contribution in [1.29, 1.82) is 0 Å². The van der Waals surface area contributed by atoms with Gasteiger partial charge in [-0.15, -0.1) is 0 Å². The fourth-order valence-corrected chi connectivity index (χ4v) is 3.87. The van der Waals surface area contributed by atoms with Crippen LogP contribution < -0.4 is 0 Å². The highest BCUT2D eigenvalue weighted by atomic mass is 19.1. The first-order valence-corrected chi connectivity index (χ1v) is 9.22. The molecule has 1 amide bonds. The van der Waals surface area contributed by atoms with Crippen LogP contribution in [0.15, 0.2) is 24.3 Å². The van der Waals surface area contributed by atoms with Crippen LogP contribution in [-0.2, 0) is 11.2 Å². The second-order valence-corrected chi connectivity index (χ2v) is 7.19. The number of aromatic nitrogens is 1. The van der Waals surface area contributed by atoms with E-state index in [1.165, 1.54) is 13.2 Å². The number of ether oxygens (including phenoxy) is 1. The number of esters is 1. The first kappa shape index (κ1) is 19.1. The highest BCUT2D eigenvalue weighted by Crippen LogP contribution is 2.25. The Morgan fingerprint density at radius 2 is 1.96 bits per heavy atom. The van der Waals surface area contributed by atoms with Crippen molar-refractivity contribution in [2.75, 3.05) is 20.2 Å². The molecule has 1 saturated heterocycles. The molecule has 0 bridgehead atoms. The average Bonchev–Trinajstić information content (AvgIpc) is 2.95. The first-order valence-electron chi connectivity index (χ1n) is 9.22. The SMILES string of the molecule is COC(=O)c1c(C)[nH]c(C(=O)N2CCC(Cc3cccc(F)c3)CC2)c1C. The highest BCUT2D eigenvalue weighted by molar-refractivity contribution is 6.00. The number of aryl methyl sites for hydroxylation is 1. The molecule has 1 aliphatic heterocycles. The Hall–Kier alpha value is -2.63. The quantitative estimate of drug-likeness (QED) is 0.834. The van der Waals surface area contributed by atoms with Crippen molar-refractivity contribution >= 4 is 11.9 Å². The number of methoxy groups -OCH3 is 1. The van der Waals surface area contributed by atoms with E-state index in [1.54, 1.807) is 26.0 Å². The van der Waals surface area contributed by atoms with Crippen LogP contribution in [0.4, 0.5) is 4.39 Å². The second-order valence-electron chi connectivity index (χ2n) is 7.19. The molecule has 1 aromatic heterocycles. The molecule has 6 heteroatoms. The van der Waals surface area contributed by atoms with Crippen LogP contribution in [0.1, 0.15) is 50.5 Å². The van der Waals surface area contributed by atoms with Gasteiger partial charge in [-0.2, -0.15) is 0 Å². The molecular weight excluding hydrogens is 347 g/mol. The number of carbonyl (C=O) groups excluding carboxylic acids is 2. The van der Waals surface area contributed by atoms with Gasteiger partial charge in [0.2, 0.25) is 0 Å². The van der Waals surface area contributed by atoms with Crippen LogP contribution in [0.2, 0.25) is 0 Å². The molecule has 0 unspecified atom stereocenters. The molecule has 1 aromatic carbocycles. The van der Waals surface area contributed by atoms with Gasteiger partial charge in [-0.05, 0) is 62.3 Å². The van der Waals surface area contributed by atoms with Crippen LogP contribution in [0.25, 0.3) is 0 Å². The number of H-pyrrole nitrogens is 1. The molecule has 3 rings (SSSR count). The van der Waals surface area contributed by atoms with Crippen molar-refractivity contribution in [2.24, 2.45) is 5.92 Å². The maximum atomic E-state index is 13.3. The van der Waals surface area contributed by atoms with E-state index in [0.717, 1.165) is 24.8 Å². The van der Waals surface area contributed by atoms with Gasteiger partial charge in [-0.25, -0.2) is 9.18 Å².